The van der Waals surface area contributed by atoms with Gasteiger partial charge in [0.15, 0.2) is 5.11 Å². The molecular weight excluding hydrogens is 182 g/mol. The predicted octanol–water partition coefficient (Wildman–Crippen LogP) is 1.22. The summed E-state index contributed by atoms with van der Waals surface area (Å²) in [5.74, 6) is 0.794. The van der Waals surface area contributed by atoms with Crippen LogP contribution >= 0.6 is 12.2 Å². The molecule has 2 atom stereocenters. The zero-order valence-corrected chi connectivity index (χ0v) is 9.08. The van der Waals surface area contributed by atoms with Crippen LogP contribution in [0.3, 0.4) is 0 Å². The minimum atomic E-state index is 0.0729. The van der Waals surface area contributed by atoms with Gasteiger partial charge in [0.2, 0.25) is 0 Å². The maximum absolute atomic E-state index is 5.19. The number of hydrogen-bond acceptors (Lipinski definition) is 2. The number of hydrogen-bond donors (Lipinski definition) is 2. The molecule has 1 spiro atoms. The maximum atomic E-state index is 5.19. The third-order valence-electron chi connectivity index (χ3n) is 3.03. The third-order valence-corrected chi connectivity index (χ3v) is 3.41. The summed E-state index contributed by atoms with van der Waals surface area (Å²) < 4.78 is 0. The highest BCUT2D eigenvalue weighted by Gasteiger charge is 2.41. The van der Waals surface area contributed by atoms with E-state index in [1.807, 2.05) is 12.1 Å². The van der Waals surface area contributed by atoms with E-state index in [4.69, 9.17) is 12.2 Å². The summed E-state index contributed by atoms with van der Waals surface area (Å²) in [6, 6.07) is 0. The van der Waals surface area contributed by atoms with E-state index >= 15 is 0 Å². The molecule has 2 N–H and O–H groups in total. The number of nitrogens with one attached hydrogen (secondary N) is 2. The van der Waals surface area contributed by atoms with Crippen LogP contribution in [-0.2, 0) is 0 Å². The second-order valence-corrected chi connectivity index (χ2v) is 4.77. The maximum Gasteiger partial charge on any atom is 0.184 e. The zero-order chi connectivity index (χ0) is 9.47. The van der Waals surface area contributed by atoms with E-state index in [-0.39, 0.29) is 5.66 Å². The van der Waals surface area contributed by atoms with Crippen molar-refractivity contribution in [1.82, 2.24) is 15.8 Å². The van der Waals surface area contributed by atoms with Gasteiger partial charge in [0.05, 0.1) is 0 Å². The van der Waals surface area contributed by atoms with E-state index in [2.05, 4.69) is 17.7 Å². The molecule has 1 aliphatic heterocycles. The molecule has 2 aliphatic rings. The van der Waals surface area contributed by atoms with Crippen LogP contribution < -0.4 is 10.7 Å². The van der Waals surface area contributed by atoms with Crippen LogP contribution in [0, 0.1) is 5.92 Å². The number of thiocarbonyl (C=S) groups is 1. The monoisotopic (exact) mass is 199 g/mol. The van der Waals surface area contributed by atoms with Crippen molar-refractivity contribution in [3.8, 4) is 0 Å². The van der Waals surface area contributed by atoms with Gasteiger partial charge in [-0.25, -0.2) is 5.43 Å². The van der Waals surface area contributed by atoms with Crippen molar-refractivity contribution in [2.45, 2.75) is 38.3 Å². The van der Waals surface area contributed by atoms with Crippen molar-refractivity contribution in [3.63, 3.8) is 0 Å². The summed E-state index contributed by atoms with van der Waals surface area (Å²) in [4.78, 5) is 0. The van der Waals surface area contributed by atoms with Gasteiger partial charge >= 0.3 is 0 Å². The molecular formula is C9H17N3S. The largest absolute Gasteiger partial charge is 0.342 e. The van der Waals surface area contributed by atoms with Gasteiger partial charge in [0, 0.05) is 7.05 Å². The molecule has 0 aromatic rings. The van der Waals surface area contributed by atoms with Crippen molar-refractivity contribution in [1.29, 1.82) is 0 Å². The normalized spacial score (nSPS) is 39.7. The summed E-state index contributed by atoms with van der Waals surface area (Å²) in [5.41, 5.74) is 3.50. The Kier molecular flexibility index (Phi) is 2.20. The van der Waals surface area contributed by atoms with Gasteiger partial charge in [-0.1, -0.05) is 13.3 Å². The first-order valence-corrected chi connectivity index (χ1v) is 5.36. The molecule has 13 heavy (non-hydrogen) atoms. The Labute approximate surface area is 84.8 Å². The van der Waals surface area contributed by atoms with Crippen LogP contribution in [0.1, 0.15) is 32.6 Å². The fraction of sp³-hybridized carbons (Fsp3) is 0.889. The Morgan fingerprint density at radius 1 is 1.62 bits per heavy atom. The highest BCUT2D eigenvalue weighted by molar-refractivity contribution is 7.80. The van der Waals surface area contributed by atoms with Gasteiger partial charge < -0.3 is 5.32 Å². The van der Waals surface area contributed by atoms with Crippen molar-refractivity contribution in [3.05, 3.63) is 0 Å². The van der Waals surface area contributed by atoms with Gasteiger partial charge in [-0.05, 0) is 37.4 Å². The van der Waals surface area contributed by atoms with Gasteiger partial charge in [-0.2, -0.15) is 0 Å². The molecule has 1 saturated carbocycles. The lowest BCUT2D eigenvalue weighted by Crippen LogP contribution is -2.53. The minimum Gasteiger partial charge on any atom is -0.342 e. The topological polar surface area (TPSA) is 27.3 Å². The van der Waals surface area contributed by atoms with Crippen LogP contribution in [-0.4, -0.2) is 22.8 Å². The lowest BCUT2D eigenvalue weighted by atomic mass is 9.83. The van der Waals surface area contributed by atoms with Gasteiger partial charge in [-0.3, -0.25) is 5.01 Å². The first kappa shape index (κ1) is 9.21. The first-order valence-electron chi connectivity index (χ1n) is 4.95. The molecule has 0 radical (unpaired) electrons. The van der Waals surface area contributed by atoms with Crippen LogP contribution in [0.15, 0.2) is 0 Å². The smallest absolute Gasteiger partial charge is 0.184 e. The Morgan fingerprint density at radius 2 is 2.38 bits per heavy atom. The van der Waals surface area contributed by atoms with Crippen molar-refractivity contribution >= 4 is 17.3 Å². The standard InChI is InChI=1S/C9H17N3S/c1-7-4-3-5-9(6-7)10-8(13)12(2)11-9/h7,11H,3-6H2,1-2H3,(H,10,13)/t7-,9-/m0/s1. The third kappa shape index (κ3) is 1.65. The lowest BCUT2D eigenvalue weighted by molar-refractivity contribution is 0.147. The van der Waals surface area contributed by atoms with Gasteiger partial charge in [0.1, 0.15) is 5.66 Å². The molecule has 0 bridgehead atoms. The zero-order valence-electron chi connectivity index (χ0n) is 8.26. The molecule has 0 aromatic carbocycles. The van der Waals surface area contributed by atoms with Gasteiger partial charge in [0.25, 0.3) is 0 Å². The average molecular weight is 199 g/mol. The van der Waals surface area contributed by atoms with E-state index in [0.717, 1.165) is 11.0 Å². The molecule has 4 heteroatoms. The summed E-state index contributed by atoms with van der Waals surface area (Å²) in [6.45, 7) is 2.31. The molecule has 2 fully saturated rings. The molecule has 0 unspecified atom stereocenters. The molecule has 1 aliphatic carbocycles. The number of rotatable bonds is 0. The van der Waals surface area contributed by atoms with Crippen molar-refractivity contribution < 1.29 is 0 Å². The SMILES string of the molecule is C[C@H]1CCC[C@]2(C1)NC(=S)N(C)N2. The van der Waals surface area contributed by atoms with E-state index in [1.165, 1.54) is 25.7 Å². The van der Waals surface area contributed by atoms with E-state index in [9.17, 15) is 0 Å². The second-order valence-electron chi connectivity index (χ2n) is 4.38. The Morgan fingerprint density at radius 3 is 2.92 bits per heavy atom. The summed E-state index contributed by atoms with van der Waals surface area (Å²) >= 11 is 5.19. The number of nitrogens with zero attached hydrogens (tertiary/aromatic N) is 1. The minimum absolute atomic E-state index is 0.0729. The summed E-state index contributed by atoms with van der Waals surface area (Å²) in [6.07, 6.45) is 5.00. The van der Waals surface area contributed by atoms with E-state index in [0.29, 0.717) is 0 Å². The molecule has 2 rings (SSSR count). The second kappa shape index (κ2) is 3.10. The Bertz CT molecular complexity index is 231. The van der Waals surface area contributed by atoms with Crippen LogP contribution in [0.25, 0.3) is 0 Å². The lowest BCUT2D eigenvalue weighted by Gasteiger charge is -2.36. The van der Waals surface area contributed by atoms with Crippen LogP contribution in [0.5, 0.6) is 0 Å². The van der Waals surface area contributed by atoms with Crippen LogP contribution in [0.4, 0.5) is 0 Å². The first-order chi connectivity index (χ1) is 6.11. The highest BCUT2D eigenvalue weighted by atomic mass is 32.1. The summed E-state index contributed by atoms with van der Waals surface area (Å²) in [5, 5.41) is 6.15. The fourth-order valence-corrected chi connectivity index (χ4v) is 2.70. The molecule has 0 amide bonds. The van der Waals surface area contributed by atoms with Gasteiger partial charge in [-0.15, -0.1) is 0 Å². The molecule has 1 heterocycles. The predicted molar refractivity (Wildman–Crippen MR) is 57.0 cm³/mol. The highest BCUT2D eigenvalue weighted by Crippen LogP contribution is 2.32. The molecule has 0 aromatic heterocycles. The van der Waals surface area contributed by atoms with Crippen molar-refractivity contribution in [2.24, 2.45) is 5.92 Å². The fourth-order valence-electron chi connectivity index (χ4n) is 2.45. The Hall–Kier alpha value is -0.350. The number of hydrazine groups is 1. The average Bonchev–Trinajstić information content (AvgIpc) is 2.26. The Balaban J connectivity index is 2.09. The molecule has 74 valence electrons. The van der Waals surface area contributed by atoms with Crippen LogP contribution in [0.2, 0.25) is 0 Å². The molecule has 3 nitrogen and oxygen atoms in total. The summed E-state index contributed by atoms with van der Waals surface area (Å²) in [7, 11) is 1.98. The molecule has 1 saturated heterocycles. The van der Waals surface area contributed by atoms with E-state index < -0.39 is 0 Å². The van der Waals surface area contributed by atoms with E-state index in [1.54, 1.807) is 0 Å². The van der Waals surface area contributed by atoms with Crippen molar-refractivity contribution in [2.75, 3.05) is 7.05 Å². The quantitative estimate of drug-likeness (QED) is 0.574.